The van der Waals surface area contributed by atoms with Gasteiger partial charge < -0.3 is 28.9 Å². The van der Waals surface area contributed by atoms with Crippen molar-refractivity contribution in [3.8, 4) is 28.5 Å². The number of carbonyl (C=O) groups is 2. The Labute approximate surface area is 250 Å². The van der Waals surface area contributed by atoms with Gasteiger partial charge in [-0.15, -0.1) is 10.2 Å². The van der Waals surface area contributed by atoms with Crippen LogP contribution in [0.1, 0.15) is 21.5 Å². The second kappa shape index (κ2) is 12.4. The molecule has 220 valence electrons. The van der Waals surface area contributed by atoms with E-state index in [4.69, 9.17) is 14.2 Å². The molecular formula is C33H33N5O5. The predicted molar refractivity (Wildman–Crippen MR) is 161 cm³/mol. The van der Waals surface area contributed by atoms with E-state index in [0.717, 1.165) is 34.0 Å². The van der Waals surface area contributed by atoms with Crippen molar-refractivity contribution in [3.05, 3.63) is 95.6 Å². The number of ether oxygens (including phenoxy) is 3. The Bertz CT molecular complexity index is 1620. The van der Waals surface area contributed by atoms with Crippen molar-refractivity contribution in [2.24, 2.45) is 0 Å². The first kappa shape index (κ1) is 28.0. The Morgan fingerprint density at radius 3 is 2.47 bits per heavy atom. The summed E-state index contributed by atoms with van der Waals surface area (Å²) in [5.41, 5.74) is 4.00. The van der Waals surface area contributed by atoms with Crippen LogP contribution in [0.4, 0.5) is 5.82 Å². The molecule has 10 nitrogen and oxygen atoms in total. The number of hydrogen-bond acceptors (Lipinski definition) is 8. The summed E-state index contributed by atoms with van der Waals surface area (Å²) in [7, 11) is 1.64. The number of amides is 2. The summed E-state index contributed by atoms with van der Waals surface area (Å²) in [6, 6.07) is 24.6. The van der Waals surface area contributed by atoms with Crippen LogP contribution < -0.4 is 19.1 Å². The lowest BCUT2D eigenvalue weighted by Gasteiger charge is -2.36. The lowest BCUT2D eigenvalue weighted by Crippen LogP contribution is -2.52. The van der Waals surface area contributed by atoms with E-state index in [1.54, 1.807) is 18.1 Å². The van der Waals surface area contributed by atoms with Crippen LogP contribution in [-0.2, 0) is 11.3 Å². The molecular weight excluding hydrogens is 546 g/mol. The fraction of sp³-hybridized carbons (Fsp3) is 0.273. The molecule has 0 spiro atoms. The van der Waals surface area contributed by atoms with E-state index in [1.165, 1.54) is 0 Å². The Morgan fingerprint density at radius 2 is 1.70 bits per heavy atom. The highest BCUT2D eigenvalue weighted by Crippen LogP contribution is 2.33. The van der Waals surface area contributed by atoms with Gasteiger partial charge in [-0.25, -0.2) is 0 Å². The van der Waals surface area contributed by atoms with Crippen LogP contribution in [0.3, 0.4) is 0 Å². The standard InChI is InChI=1S/C33H33N5O5/c1-23-6-3-4-9-27(23)33(40)38(20-24-10-12-29-30(18-24)43-22-42-29)21-32(39)37-16-14-36(15-17-37)31-13-11-28(34-35-31)25-7-5-8-26(19-25)41-2/h3-13,18-19H,14-17,20-22H2,1-2H3. The zero-order chi connectivity index (χ0) is 29.8. The first-order valence-electron chi connectivity index (χ1n) is 14.2. The molecule has 2 amide bonds. The number of rotatable bonds is 8. The van der Waals surface area contributed by atoms with Crippen LogP contribution in [0.5, 0.6) is 17.2 Å². The number of fused-ring (bicyclic) bond motifs is 1. The molecule has 0 N–H and O–H groups in total. The molecule has 2 aliphatic heterocycles. The number of aryl methyl sites for hydroxylation is 1. The van der Waals surface area contributed by atoms with E-state index in [1.807, 2.05) is 84.6 Å². The minimum atomic E-state index is -0.186. The third-order valence-electron chi connectivity index (χ3n) is 7.77. The number of nitrogens with zero attached hydrogens (tertiary/aromatic N) is 5. The number of hydrogen-bond donors (Lipinski definition) is 0. The van der Waals surface area contributed by atoms with Gasteiger partial charge in [-0.05, 0) is 60.5 Å². The molecule has 1 aromatic heterocycles. The van der Waals surface area contributed by atoms with E-state index in [9.17, 15) is 9.59 Å². The number of aromatic nitrogens is 2. The molecule has 1 saturated heterocycles. The highest BCUT2D eigenvalue weighted by molar-refractivity contribution is 5.97. The summed E-state index contributed by atoms with van der Waals surface area (Å²) in [5, 5.41) is 8.87. The average Bonchev–Trinajstić information content (AvgIpc) is 3.53. The van der Waals surface area contributed by atoms with Crippen molar-refractivity contribution in [2.75, 3.05) is 51.5 Å². The van der Waals surface area contributed by atoms with E-state index < -0.39 is 0 Å². The molecule has 3 aromatic carbocycles. The lowest BCUT2D eigenvalue weighted by atomic mass is 10.1. The van der Waals surface area contributed by atoms with E-state index in [0.29, 0.717) is 43.2 Å². The van der Waals surface area contributed by atoms with Gasteiger partial charge in [0.05, 0.1) is 12.8 Å². The van der Waals surface area contributed by atoms with Crippen LogP contribution in [0.25, 0.3) is 11.3 Å². The fourth-order valence-electron chi connectivity index (χ4n) is 5.32. The zero-order valence-corrected chi connectivity index (χ0v) is 24.2. The van der Waals surface area contributed by atoms with Crippen molar-refractivity contribution in [3.63, 3.8) is 0 Å². The van der Waals surface area contributed by atoms with Gasteiger partial charge in [0.1, 0.15) is 12.3 Å². The normalized spacial score (nSPS) is 14.0. The second-order valence-electron chi connectivity index (χ2n) is 10.5. The number of anilines is 1. The van der Waals surface area contributed by atoms with Crippen molar-refractivity contribution >= 4 is 17.6 Å². The monoisotopic (exact) mass is 579 g/mol. The quantitative estimate of drug-likeness (QED) is 0.307. The Kier molecular flexibility index (Phi) is 8.08. The van der Waals surface area contributed by atoms with Crippen LogP contribution in [0.15, 0.2) is 78.9 Å². The van der Waals surface area contributed by atoms with Gasteiger partial charge in [-0.2, -0.15) is 0 Å². The molecule has 10 heteroatoms. The van der Waals surface area contributed by atoms with Crippen LogP contribution in [-0.4, -0.2) is 78.4 Å². The van der Waals surface area contributed by atoms with Gasteiger partial charge >= 0.3 is 0 Å². The summed E-state index contributed by atoms with van der Waals surface area (Å²) in [5.74, 6) is 2.56. The highest BCUT2D eigenvalue weighted by atomic mass is 16.7. The first-order valence-corrected chi connectivity index (χ1v) is 14.2. The Hall–Kier alpha value is -5.12. The van der Waals surface area contributed by atoms with E-state index in [-0.39, 0.29) is 31.7 Å². The number of carbonyl (C=O) groups excluding carboxylic acids is 2. The topological polar surface area (TPSA) is 97.3 Å². The molecule has 0 bridgehead atoms. The molecule has 0 saturated carbocycles. The molecule has 43 heavy (non-hydrogen) atoms. The minimum absolute atomic E-state index is 0.0311. The minimum Gasteiger partial charge on any atom is -0.497 e. The van der Waals surface area contributed by atoms with Gasteiger partial charge in [-0.3, -0.25) is 9.59 Å². The summed E-state index contributed by atoms with van der Waals surface area (Å²) < 4.78 is 16.3. The highest BCUT2D eigenvalue weighted by Gasteiger charge is 2.27. The maximum Gasteiger partial charge on any atom is 0.254 e. The predicted octanol–water partition coefficient (Wildman–Crippen LogP) is 4.18. The molecule has 3 heterocycles. The molecule has 6 rings (SSSR count). The maximum absolute atomic E-state index is 13.7. The summed E-state index contributed by atoms with van der Waals surface area (Å²) >= 11 is 0. The molecule has 0 atom stereocenters. The van der Waals surface area contributed by atoms with Crippen LogP contribution in [0.2, 0.25) is 0 Å². The van der Waals surface area contributed by atoms with Crippen LogP contribution in [0, 0.1) is 6.92 Å². The molecule has 0 aliphatic carbocycles. The van der Waals surface area contributed by atoms with Gasteiger partial charge in [0, 0.05) is 43.9 Å². The number of benzene rings is 3. The van der Waals surface area contributed by atoms with Crippen molar-refractivity contribution in [1.82, 2.24) is 20.0 Å². The molecule has 0 radical (unpaired) electrons. The molecule has 2 aliphatic rings. The molecule has 0 unspecified atom stereocenters. The average molecular weight is 580 g/mol. The van der Waals surface area contributed by atoms with Gasteiger partial charge in [0.15, 0.2) is 17.3 Å². The van der Waals surface area contributed by atoms with E-state index >= 15 is 0 Å². The van der Waals surface area contributed by atoms with E-state index in [2.05, 4.69) is 15.1 Å². The molecule has 1 fully saturated rings. The third-order valence-corrected chi connectivity index (χ3v) is 7.77. The van der Waals surface area contributed by atoms with Crippen molar-refractivity contribution in [1.29, 1.82) is 0 Å². The van der Waals surface area contributed by atoms with Crippen molar-refractivity contribution in [2.45, 2.75) is 13.5 Å². The third kappa shape index (κ3) is 6.23. The summed E-state index contributed by atoms with van der Waals surface area (Å²) in [6.07, 6.45) is 0. The lowest BCUT2D eigenvalue weighted by molar-refractivity contribution is -0.132. The summed E-state index contributed by atoms with van der Waals surface area (Å²) in [6.45, 7) is 4.59. The Balaban J connectivity index is 1.11. The Morgan fingerprint density at radius 1 is 0.884 bits per heavy atom. The maximum atomic E-state index is 13.7. The smallest absolute Gasteiger partial charge is 0.254 e. The van der Waals surface area contributed by atoms with Gasteiger partial charge in [0.2, 0.25) is 12.7 Å². The summed E-state index contributed by atoms with van der Waals surface area (Å²) in [4.78, 5) is 32.8. The van der Waals surface area contributed by atoms with Crippen molar-refractivity contribution < 1.29 is 23.8 Å². The SMILES string of the molecule is COc1cccc(-c2ccc(N3CCN(C(=O)CN(Cc4ccc5c(c4)OCO5)C(=O)c4ccccc4C)CC3)nn2)c1. The van der Waals surface area contributed by atoms with Gasteiger partial charge in [0.25, 0.3) is 5.91 Å². The zero-order valence-electron chi connectivity index (χ0n) is 24.2. The van der Waals surface area contributed by atoms with Gasteiger partial charge in [-0.1, -0.05) is 36.4 Å². The van der Waals surface area contributed by atoms with Crippen LogP contribution >= 0.6 is 0 Å². The number of piperazine rings is 1. The second-order valence-corrected chi connectivity index (χ2v) is 10.5. The fourth-order valence-corrected chi connectivity index (χ4v) is 5.32. The number of methoxy groups -OCH3 is 1. The largest absolute Gasteiger partial charge is 0.497 e. The first-order chi connectivity index (χ1) is 21.0. The molecule has 4 aromatic rings.